The molecule has 0 aliphatic rings. The summed E-state index contributed by atoms with van der Waals surface area (Å²) in [6.07, 6.45) is 8.37. The van der Waals surface area contributed by atoms with E-state index in [-0.39, 0.29) is 0 Å². The molecule has 1 unspecified atom stereocenters. The maximum absolute atomic E-state index is 3.84. The first-order chi connectivity index (χ1) is 8.78. The van der Waals surface area contributed by atoms with E-state index >= 15 is 0 Å². The number of hydrogen-bond acceptors (Lipinski definition) is 0. The van der Waals surface area contributed by atoms with Crippen LogP contribution >= 0.6 is 9.24 Å². The fourth-order valence-corrected chi connectivity index (χ4v) is 2.21. The summed E-state index contributed by atoms with van der Waals surface area (Å²) in [6, 6.07) is 4.22. The van der Waals surface area contributed by atoms with Crippen molar-refractivity contribution in [3.8, 4) is 11.6 Å². The average molecular weight is 254 g/mol. The number of hydrogen-bond donors (Lipinski definition) is 0. The van der Waals surface area contributed by atoms with Gasteiger partial charge in [-0.2, -0.15) is 0 Å². The van der Waals surface area contributed by atoms with Gasteiger partial charge in [-0.3, -0.25) is 0 Å². The minimum atomic E-state index is 0.836. The molecule has 0 bridgehead atoms. The lowest BCUT2D eigenvalue weighted by Gasteiger charge is -2.14. The second kappa shape index (κ2) is 7.70. The van der Waals surface area contributed by atoms with Gasteiger partial charge in [-0.05, 0) is 42.0 Å². The standard InChI is InChI=1S/C17H19P/c1-4-7-14-10-11-15(12-13-18)17(9-6-3)16(14)8-5-2/h4-6,10-11H,1-3,7-9,18H2. The van der Waals surface area contributed by atoms with Gasteiger partial charge < -0.3 is 0 Å². The van der Waals surface area contributed by atoms with Crippen LogP contribution in [0.1, 0.15) is 22.3 Å². The zero-order valence-corrected chi connectivity index (χ0v) is 11.9. The maximum Gasteiger partial charge on any atom is 0.0286 e. The van der Waals surface area contributed by atoms with E-state index in [1.807, 2.05) is 18.2 Å². The summed E-state index contributed by atoms with van der Waals surface area (Å²) < 4.78 is 0. The van der Waals surface area contributed by atoms with Crippen LogP contribution < -0.4 is 0 Å². The largest absolute Gasteiger partial charge is 0.103 e. The van der Waals surface area contributed by atoms with Crippen LogP contribution in [-0.4, -0.2) is 0 Å². The van der Waals surface area contributed by atoms with Crippen molar-refractivity contribution in [2.24, 2.45) is 0 Å². The van der Waals surface area contributed by atoms with E-state index in [9.17, 15) is 0 Å². The van der Waals surface area contributed by atoms with Gasteiger partial charge in [0.2, 0.25) is 0 Å². The van der Waals surface area contributed by atoms with E-state index in [1.54, 1.807) is 0 Å². The molecule has 0 N–H and O–H groups in total. The highest BCUT2D eigenvalue weighted by Gasteiger charge is 2.09. The quantitative estimate of drug-likeness (QED) is 0.408. The molecular weight excluding hydrogens is 235 g/mol. The van der Waals surface area contributed by atoms with Gasteiger partial charge in [0.15, 0.2) is 0 Å². The lowest BCUT2D eigenvalue weighted by atomic mass is 9.90. The Labute approximate surface area is 113 Å². The second-order valence-electron chi connectivity index (χ2n) is 3.98. The third-order valence-electron chi connectivity index (χ3n) is 2.80. The van der Waals surface area contributed by atoms with Crippen LogP contribution in [0.3, 0.4) is 0 Å². The van der Waals surface area contributed by atoms with E-state index in [1.165, 1.54) is 16.7 Å². The number of allylic oxidation sites excluding steroid dienone is 3. The van der Waals surface area contributed by atoms with Crippen LogP contribution in [0.15, 0.2) is 50.1 Å². The molecule has 0 nitrogen and oxygen atoms in total. The molecule has 0 heterocycles. The van der Waals surface area contributed by atoms with Crippen molar-refractivity contribution in [1.82, 2.24) is 0 Å². The first-order valence-corrected chi connectivity index (χ1v) is 6.54. The van der Waals surface area contributed by atoms with Crippen molar-refractivity contribution in [1.29, 1.82) is 0 Å². The van der Waals surface area contributed by atoms with Crippen LogP contribution in [0.4, 0.5) is 0 Å². The normalized spacial score (nSPS) is 9.17. The Bertz CT molecular complexity index is 512. The molecule has 0 amide bonds. The van der Waals surface area contributed by atoms with Crippen LogP contribution in [-0.2, 0) is 19.3 Å². The second-order valence-corrected chi connectivity index (χ2v) is 4.27. The van der Waals surface area contributed by atoms with Crippen LogP contribution in [0.25, 0.3) is 0 Å². The highest BCUT2D eigenvalue weighted by molar-refractivity contribution is 7.23. The highest BCUT2D eigenvalue weighted by Crippen LogP contribution is 2.22. The Morgan fingerprint density at radius 1 is 0.944 bits per heavy atom. The number of benzene rings is 1. The van der Waals surface area contributed by atoms with E-state index in [0.29, 0.717) is 0 Å². The molecule has 1 atom stereocenters. The minimum absolute atomic E-state index is 0.836. The molecule has 0 saturated heterocycles. The zero-order chi connectivity index (χ0) is 13.4. The third kappa shape index (κ3) is 3.46. The monoisotopic (exact) mass is 254 g/mol. The molecule has 0 fully saturated rings. The SMILES string of the molecule is C=CCc1ccc(C#CP)c(CC=C)c1CC=C. The minimum Gasteiger partial charge on any atom is -0.103 e. The molecule has 0 radical (unpaired) electrons. The Morgan fingerprint density at radius 3 is 2.11 bits per heavy atom. The van der Waals surface area contributed by atoms with Gasteiger partial charge in [-0.15, -0.1) is 19.7 Å². The molecule has 0 aliphatic carbocycles. The molecule has 1 aromatic rings. The summed E-state index contributed by atoms with van der Waals surface area (Å²) >= 11 is 0. The Hall–Kier alpha value is -1.57. The van der Waals surface area contributed by atoms with Crippen molar-refractivity contribution < 1.29 is 0 Å². The van der Waals surface area contributed by atoms with Gasteiger partial charge >= 0.3 is 0 Å². The fraction of sp³-hybridized carbons (Fsp3) is 0.176. The van der Waals surface area contributed by atoms with E-state index in [2.05, 4.69) is 52.7 Å². The topological polar surface area (TPSA) is 0 Å². The van der Waals surface area contributed by atoms with Crippen LogP contribution in [0.5, 0.6) is 0 Å². The van der Waals surface area contributed by atoms with Gasteiger partial charge in [0.05, 0.1) is 0 Å². The summed E-state index contributed by atoms with van der Waals surface area (Å²) in [5.74, 6) is 3.13. The lowest BCUT2D eigenvalue weighted by Crippen LogP contribution is -2.01. The molecule has 1 heteroatoms. The average Bonchev–Trinajstić information content (AvgIpc) is 2.37. The maximum atomic E-state index is 3.84. The molecule has 92 valence electrons. The van der Waals surface area contributed by atoms with Gasteiger partial charge in [-0.25, -0.2) is 0 Å². The third-order valence-corrected chi connectivity index (χ3v) is 2.94. The van der Waals surface area contributed by atoms with Crippen molar-refractivity contribution in [2.75, 3.05) is 0 Å². The summed E-state index contributed by atoms with van der Waals surface area (Å²) in [5, 5.41) is 0. The van der Waals surface area contributed by atoms with Crippen LogP contribution in [0.2, 0.25) is 0 Å². The van der Waals surface area contributed by atoms with Crippen molar-refractivity contribution in [3.63, 3.8) is 0 Å². The Morgan fingerprint density at radius 2 is 1.56 bits per heavy atom. The summed E-state index contributed by atoms with van der Waals surface area (Å²) in [7, 11) is 2.44. The number of rotatable bonds is 6. The zero-order valence-electron chi connectivity index (χ0n) is 10.7. The predicted molar refractivity (Wildman–Crippen MR) is 84.7 cm³/mol. The summed E-state index contributed by atoms with van der Waals surface area (Å²) in [5.41, 5.74) is 7.85. The van der Waals surface area contributed by atoms with Gasteiger partial charge in [0, 0.05) is 5.56 Å². The fourth-order valence-electron chi connectivity index (χ4n) is 2.06. The van der Waals surface area contributed by atoms with Gasteiger partial charge in [-0.1, -0.05) is 45.1 Å². The first-order valence-electron chi connectivity index (χ1n) is 5.96. The van der Waals surface area contributed by atoms with Gasteiger partial charge in [0.1, 0.15) is 0 Å². The smallest absolute Gasteiger partial charge is 0.0286 e. The van der Waals surface area contributed by atoms with Crippen molar-refractivity contribution in [2.45, 2.75) is 19.3 Å². The van der Waals surface area contributed by atoms with E-state index in [4.69, 9.17) is 0 Å². The first kappa shape index (κ1) is 14.5. The molecule has 1 aromatic carbocycles. The summed E-state index contributed by atoms with van der Waals surface area (Å²) in [4.78, 5) is 0. The predicted octanol–water partition coefficient (Wildman–Crippen LogP) is 4.06. The molecule has 1 rings (SSSR count). The lowest BCUT2D eigenvalue weighted by molar-refractivity contribution is 1.08. The highest BCUT2D eigenvalue weighted by atomic mass is 31.0. The van der Waals surface area contributed by atoms with Crippen molar-refractivity contribution in [3.05, 3.63) is 72.4 Å². The van der Waals surface area contributed by atoms with Gasteiger partial charge in [0.25, 0.3) is 0 Å². The Balaban J connectivity index is 3.44. The molecular formula is C17H19P. The summed E-state index contributed by atoms with van der Waals surface area (Å²) in [6.45, 7) is 11.5. The van der Waals surface area contributed by atoms with Crippen LogP contribution in [0, 0.1) is 11.6 Å². The molecule has 0 aromatic heterocycles. The van der Waals surface area contributed by atoms with Crippen molar-refractivity contribution >= 4 is 9.24 Å². The molecule has 0 saturated carbocycles. The molecule has 0 aliphatic heterocycles. The van der Waals surface area contributed by atoms with E-state index in [0.717, 1.165) is 24.8 Å². The molecule has 0 spiro atoms. The Kier molecular flexibility index (Phi) is 6.20. The van der Waals surface area contributed by atoms with E-state index < -0.39 is 0 Å². The molecule has 18 heavy (non-hydrogen) atoms.